The number of nitrogens with zero attached hydrogens (tertiary/aromatic N) is 2. The Balaban J connectivity index is 1.69. The molecule has 0 bridgehead atoms. The van der Waals surface area contributed by atoms with Crippen LogP contribution in [0.2, 0.25) is 0 Å². The van der Waals surface area contributed by atoms with Gasteiger partial charge in [-0.05, 0) is 31.8 Å². The fraction of sp³-hybridized carbons (Fsp3) is 0.667. The summed E-state index contributed by atoms with van der Waals surface area (Å²) in [5.74, 6) is 0.649. The third-order valence-corrected chi connectivity index (χ3v) is 3.49. The molecule has 0 radical (unpaired) electrons. The largest absolute Gasteiger partial charge is 0.396 e. The van der Waals surface area contributed by atoms with E-state index in [1.54, 1.807) is 0 Å². The molecule has 0 aliphatic carbocycles. The standard InChI is InChI=1S/C12H21N5O/c1-9-2-5-17(6-3-9)7-4-14-12(18)11-10(13)8-15-16-11/h8-9H,2-7,13H2,1H3,(H,14,18)(H,15,16). The van der Waals surface area contributed by atoms with E-state index in [2.05, 4.69) is 27.3 Å². The number of H-pyrrole nitrogens is 1. The number of aromatic nitrogens is 2. The second-order valence-corrected chi connectivity index (χ2v) is 4.98. The third-order valence-electron chi connectivity index (χ3n) is 3.49. The summed E-state index contributed by atoms with van der Waals surface area (Å²) in [6.07, 6.45) is 3.95. The van der Waals surface area contributed by atoms with Crippen molar-refractivity contribution < 1.29 is 4.79 Å². The number of nitrogens with two attached hydrogens (primary N) is 1. The molecule has 1 amide bonds. The van der Waals surface area contributed by atoms with Gasteiger partial charge in [0.25, 0.3) is 5.91 Å². The summed E-state index contributed by atoms with van der Waals surface area (Å²) in [7, 11) is 0. The highest BCUT2D eigenvalue weighted by molar-refractivity contribution is 5.96. The zero-order valence-corrected chi connectivity index (χ0v) is 10.8. The first-order valence-corrected chi connectivity index (χ1v) is 6.46. The van der Waals surface area contributed by atoms with Crippen LogP contribution in [0.15, 0.2) is 6.20 Å². The molecular weight excluding hydrogens is 230 g/mol. The van der Waals surface area contributed by atoms with Crippen LogP contribution in [-0.4, -0.2) is 47.2 Å². The van der Waals surface area contributed by atoms with Crippen molar-refractivity contribution in [2.24, 2.45) is 5.92 Å². The number of anilines is 1. The minimum atomic E-state index is -0.185. The van der Waals surface area contributed by atoms with Crippen molar-refractivity contribution in [2.45, 2.75) is 19.8 Å². The van der Waals surface area contributed by atoms with Crippen LogP contribution < -0.4 is 11.1 Å². The highest BCUT2D eigenvalue weighted by atomic mass is 16.1. The quantitative estimate of drug-likeness (QED) is 0.725. The van der Waals surface area contributed by atoms with Crippen molar-refractivity contribution in [3.8, 4) is 0 Å². The van der Waals surface area contributed by atoms with Gasteiger partial charge in [-0.3, -0.25) is 9.89 Å². The Kier molecular flexibility index (Phi) is 4.19. The number of rotatable bonds is 4. The molecule has 0 unspecified atom stereocenters. The SMILES string of the molecule is CC1CCN(CCNC(=O)c2[nH]ncc2N)CC1. The molecule has 1 aromatic heterocycles. The van der Waals surface area contributed by atoms with Crippen LogP contribution in [0.5, 0.6) is 0 Å². The van der Waals surface area contributed by atoms with E-state index in [-0.39, 0.29) is 5.91 Å². The molecule has 2 heterocycles. The Morgan fingerprint density at radius 3 is 2.94 bits per heavy atom. The highest BCUT2D eigenvalue weighted by Crippen LogP contribution is 2.15. The number of hydrogen-bond donors (Lipinski definition) is 3. The Labute approximate surface area is 107 Å². The summed E-state index contributed by atoms with van der Waals surface area (Å²) in [6, 6.07) is 0. The van der Waals surface area contributed by atoms with E-state index in [1.165, 1.54) is 19.0 Å². The summed E-state index contributed by atoms with van der Waals surface area (Å²) in [5, 5.41) is 9.18. The maximum atomic E-state index is 11.7. The number of nitrogens with one attached hydrogen (secondary N) is 2. The molecule has 4 N–H and O–H groups in total. The number of hydrogen-bond acceptors (Lipinski definition) is 4. The number of carbonyl (C=O) groups is 1. The molecule has 0 spiro atoms. The van der Waals surface area contributed by atoms with Gasteiger partial charge >= 0.3 is 0 Å². The molecule has 0 aromatic carbocycles. The van der Waals surface area contributed by atoms with Crippen molar-refractivity contribution in [3.63, 3.8) is 0 Å². The maximum Gasteiger partial charge on any atom is 0.271 e. The fourth-order valence-corrected chi connectivity index (χ4v) is 2.18. The smallest absolute Gasteiger partial charge is 0.271 e. The number of carbonyl (C=O) groups excluding carboxylic acids is 1. The zero-order chi connectivity index (χ0) is 13.0. The van der Waals surface area contributed by atoms with Crippen molar-refractivity contribution in [1.82, 2.24) is 20.4 Å². The van der Waals surface area contributed by atoms with Crippen LogP contribution in [0.25, 0.3) is 0 Å². The maximum absolute atomic E-state index is 11.7. The summed E-state index contributed by atoms with van der Waals surface area (Å²) in [5.41, 5.74) is 6.34. The van der Waals surface area contributed by atoms with Crippen molar-refractivity contribution in [1.29, 1.82) is 0 Å². The van der Waals surface area contributed by atoms with Crippen LogP contribution in [0.1, 0.15) is 30.3 Å². The molecule has 100 valence electrons. The van der Waals surface area contributed by atoms with Crippen molar-refractivity contribution in [3.05, 3.63) is 11.9 Å². The van der Waals surface area contributed by atoms with Gasteiger partial charge in [0, 0.05) is 13.1 Å². The molecule has 1 fully saturated rings. The minimum Gasteiger partial charge on any atom is -0.396 e. The topological polar surface area (TPSA) is 87.0 Å². The van der Waals surface area contributed by atoms with E-state index in [4.69, 9.17) is 5.73 Å². The highest BCUT2D eigenvalue weighted by Gasteiger charge is 2.16. The minimum absolute atomic E-state index is 0.185. The molecule has 1 saturated heterocycles. The lowest BCUT2D eigenvalue weighted by Crippen LogP contribution is -2.39. The van der Waals surface area contributed by atoms with Gasteiger partial charge in [0.2, 0.25) is 0 Å². The number of piperidine rings is 1. The van der Waals surface area contributed by atoms with Gasteiger partial charge < -0.3 is 16.0 Å². The zero-order valence-electron chi connectivity index (χ0n) is 10.8. The lowest BCUT2D eigenvalue weighted by atomic mass is 9.99. The second-order valence-electron chi connectivity index (χ2n) is 4.98. The lowest BCUT2D eigenvalue weighted by molar-refractivity contribution is 0.0940. The number of amides is 1. The van der Waals surface area contributed by atoms with Crippen molar-refractivity contribution >= 4 is 11.6 Å². The van der Waals surface area contributed by atoms with E-state index in [9.17, 15) is 4.79 Å². The molecule has 1 aliphatic rings. The average molecular weight is 251 g/mol. The van der Waals surface area contributed by atoms with Gasteiger partial charge in [-0.25, -0.2) is 0 Å². The Morgan fingerprint density at radius 2 is 2.33 bits per heavy atom. The number of nitrogen functional groups attached to an aromatic ring is 1. The van der Waals surface area contributed by atoms with Gasteiger partial charge in [0.15, 0.2) is 0 Å². The second kappa shape index (κ2) is 5.86. The molecule has 18 heavy (non-hydrogen) atoms. The summed E-state index contributed by atoms with van der Waals surface area (Å²) in [4.78, 5) is 14.1. The molecular formula is C12H21N5O. The lowest BCUT2D eigenvalue weighted by Gasteiger charge is -2.30. The van der Waals surface area contributed by atoms with Crippen LogP contribution in [0, 0.1) is 5.92 Å². The van der Waals surface area contributed by atoms with Crippen LogP contribution in [-0.2, 0) is 0 Å². The van der Waals surface area contributed by atoms with Gasteiger partial charge in [0.05, 0.1) is 11.9 Å². The van der Waals surface area contributed by atoms with Gasteiger partial charge in [-0.2, -0.15) is 5.10 Å². The van der Waals surface area contributed by atoms with Crippen LogP contribution in [0.3, 0.4) is 0 Å². The molecule has 0 atom stereocenters. The first-order valence-electron chi connectivity index (χ1n) is 6.46. The first kappa shape index (κ1) is 12.9. The Hall–Kier alpha value is -1.56. The molecule has 2 rings (SSSR count). The van der Waals surface area contributed by atoms with Gasteiger partial charge in [-0.1, -0.05) is 6.92 Å². The van der Waals surface area contributed by atoms with E-state index in [0.717, 1.165) is 25.6 Å². The number of aromatic amines is 1. The Morgan fingerprint density at radius 1 is 1.61 bits per heavy atom. The fourth-order valence-electron chi connectivity index (χ4n) is 2.18. The predicted molar refractivity (Wildman–Crippen MR) is 70.2 cm³/mol. The Bertz CT molecular complexity index is 395. The summed E-state index contributed by atoms with van der Waals surface area (Å²) < 4.78 is 0. The van der Waals surface area contributed by atoms with E-state index in [1.807, 2.05) is 0 Å². The molecule has 1 aliphatic heterocycles. The average Bonchev–Trinajstić information content (AvgIpc) is 2.78. The molecule has 6 heteroatoms. The first-order chi connectivity index (χ1) is 8.66. The van der Waals surface area contributed by atoms with Gasteiger partial charge in [-0.15, -0.1) is 0 Å². The van der Waals surface area contributed by atoms with Crippen molar-refractivity contribution in [2.75, 3.05) is 31.9 Å². The third kappa shape index (κ3) is 3.22. The summed E-state index contributed by atoms with van der Waals surface area (Å²) in [6.45, 7) is 6.09. The van der Waals surface area contributed by atoms with Gasteiger partial charge in [0.1, 0.15) is 5.69 Å². The predicted octanol–water partition coefficient (Wildman–Crippen LogP) is 0.454. The van der Waals surface area contributed by atoms with E-state index < -0.39 is 0 Å². The molecule has 0 saturated carbocycles. The summed E-state index contributed by atoms with van der Waals surface area (Å²) >= 11 is 0. The molecule has 1 aromatic rings. The van der Waals surface area contributed by atoms with E-state index >= 15 is 0 Å². The normalized spacial score (nSPS) is 17.8. The number of likely N-dealkylation sites (tertiary alicyclic amines) is 1. The van der Waals surface area contributed by atoms with Crippen LogP contribution in [0.4, 0.5) is 5.69 Å². The monoisotopic (exact) mass is 251 g/mol. The van der Waals surface area contributed by atoms with Crippen LogP contribution >= 0.6 is 0 Å². The van der Waals surface area contributed by atoms with E-state index in [0.29, 0.717) is 17.9 Å². The molecule has 6 nitrogen and oxygen atoms in total.